The molecule has 1 N–H and O–H groups in total. The van der Waals surface area contributed by atoms with Crippen LogP contribution in [-0.4, -0.2) is 24.0 Å². The van der Waals surface area contributed by atoms with E-state index in [1.54, 1.807) is 4.90 Å². The summed E-state index contributed by atoms with van der Waals surface area (Å²) in [4.78, 5) is 13.8. The minimum absolute atomic E-state index is 0.00614. The lowest BCUT2D eigenvalue weighted by Crippen LogP contribution is -2.42. The lowest BCUT2D eigenvalue weighted by atomic mass is 10.0. The number of carbonyl (C=O) groups excluding carboxylic acids is 1. The molecule has 0 aliphatic carbocycles. The van der Waals surface area contributed by atoms with Crippen LogP contribution in [0.15, 0.2) is 24.3 Å². The zero-order valence-electron chi connectivity index (χ0n) is 13.4. The van der Waals surface area contributed by atoms with Crippen LogP contribution in [0.5, 0.6) is 0 Å². The Balaban J connectivity index is 2.56. The molecule has 0 saturated carbocycles. The second-order valence-corrected chi connectivity index (χ2v) is 5.72. The van der Waals surface area contributed by atoms with Crippen LogP contribution in [0.1, 0.15) is 57.6 Å². The Hall–Kier alpha value is -1.51. The fraction of sp³-hybridized carbons (Fsp3) is 0.588. The van der Waals surface area contributed by atoms with Crippen molar-refractivity contribution in [3.63, 3.8) is 0 Å². The summed E-state index contributed by atoms with van der Waals surface area (Å²) in [5.41, 5.74) is 2.49. The maximum atomic E-state index is 12.1. The highest BCUT2D eigenvalue weighted by Gasteiger charge is 2.12. The lowest BCUT2D eigenvalue weighted by Gasteiger charge is -2.22. The minimum Gasteiger partial charge on any atom is -0.335 e. The Labute approximate surface area is 123 Å². The monoisotopic (exact) mass is 276 g/mol. The average molecular weight is 276 g/mol. The molecule has 0 fully saturated rings. The van der Waals surface area contributed by atoms with Gasteiger partial charge in [0.1, 0.15) is 0 Å². The number of urea groups is 1. The van der Waals surface area contributed by atoms with E-state index >= 15 is 0 Å². The molecule has 0 aliphatic rings. The predicted molar refractivity (Wildman–Crippen MR) is 84.9 cm³/mol. The van der Waals surface area contributed by atoms with Crippen molar-refractivity contribution in [2.45, 2.75) is 59.0 Å². The predicted octanol–water partition coefficient (Wildman–Crippen LogP) is 4.14. The Morgan fingerprint density at radius 2 is 1.70 bits per heavy atom. The van der Waals surface area contributed by atoms with Gasteiger partial charge in [-0.15, -0.1) is 0 Å². The van der Waals surface area contributed by atoms with Crippen molar-refractivity contribution in [3.05, 3.63) is 35.4 Å². The number of carbonyl (C=O) groups is 1. The van der Waals surface area contributed by atoms with Gasteiger partial charge in [0.25, 0.3) is 0 Å². The number of nitrogens with one attached hydrogen (secondary N) is 1. The number of hydrogen-bond acceptors (Lipinski definition) is 1. The molecule has 0 radical (unpaired) electrons. The number of rotatable bonds is 6. The standard InChI is InChI=1S/C17H28N2O/c1-6-16(7-2)18-17(20)19(5)12-14-8-10-15(11-9-14)13(3)4/h8-11,13,16H,6-7,12H2,1-5H3,(H,18,20). The lowest BCUT2D eigenvalue weighted by molar-refractivity contribution is 0.202. The SMILES string of the molecule is CCC(CC)NC(=O)N(C)Cc1ccc(C(C)C)cc1. The fourth-order valence-electron chi connectivity index (χ4n) is 2.13. The summed E-state index contributed by atoms with van der Waals surface area (Å²) >= 11 is 0. The summed E-state index contributed by atoms with van der Waals surface area (Å²) in [5, 5.41) is 3.05. The third-order valence-corrected chi connectivity index (χ3v) is 3.73. The van der Waals surface area contributed by atoms with Crippen LogP contribution in [0.3, 0.4) is 0 Å². The molecule has 0 spiro atoms. The van der Waals surface area contributed by atoms with E-state index in [2.05, 4.69) is 57.3 Å². The van der Waals surface area contributed by atoms with E-state index in [1.165, 1.54) is 5.56 Å². The van der Waals surface area contributed by atoms with Crippen molar-refractivity contribution in [3.8, 4) is 0 Å². The molecular weight excluding hydrogens is 248 g/mol. The molecule has 3 nitrogen and oxygen atoms in total. The zero-order valence-corrected chi connectivity index (χ0v) is 13.4. The van der Waals surface area contributed by atoms with Crippen molar-refractivity contribution < 1.29 is 4.79 Å². The Morgan fingerprint density at radius 1 is 1.15 bits per heavy atom. The maximum Gasteiger partial charge on any atom is 0.317 e. The quantitative estimate of drug-likeness (QED) is 0.832. The van der Waals surface area contributed by atoms with Gasteiger partial charge < -0.3 is 10.2 Å². The van der Waals surface area contributed by atoms with Crippen LogP contribution >= 0.6 is 0 Å². The summed E-state index contributed by atoms with van der Waals surface area (Å²) in [6.45, 7) is 9.21. The molecule has 1 aromatic rings. The summed E-state index contributed by atoms with van der Waals surface area (Å²) in [6, 6.07) is 8.78. The van der Waals surface area contributed by atoms with Crippen LogP contribution in [0.4, 0.5) is 4.79 Å². The highest BCUT2D eigenvalue weighted by Crippen LogP contribution is 2.15. The molecule has 0 aliphatic heterocycles. The third kappa shape index (κ3) is 4.87. The highest BCUT2D eigenvalue weighted by atomic mass is 16.2. The van der Waals surface area contributed by atoms with Gasteiger partial charge in [-0.25, -0.2) is 4.79 Å². The number of amides is 2. The Morgan fingerprint density at radius 3 is 2.15 bits per heavy atom. The normalized spacial score (nSPS) is 10.9. The molecular formula is C17H28N2O. The van der Waals surface area contributed by atoms with Gasteiger partial charge in [0, 0.05) is 19.6 Å². The molecule has 0 heterocycles. The van der Waals surface area contributed by atoms with Gasteiger partial charge in [-0.3, -0.25) is 0 Å². The molecule has 112 valence electrons. The summed E-state index contributed by atoms with van der Waals surface area (Å²) in [7, 11) is 1.84. The van der Waals surface area contributed by atoms with E-state index in [4.69, 9.17) is 0 Å². The number of hydrogen-bond donors (Lipinski definition) is 1. The molecule has 0 atom stereocenters. The molecule has 0 aromatic heterocycles. The number of benzene rings is 1. The van der Waals surface area contributed by atoms with Gasteiger partial charge in [0.15, 0.2) is 0 Å². The molecule has 2 amide bonds. The van der Waals surface area contributed by atoms with E-state index in [9.17, 15) is 4.79 Å². The van der Waals surface area contributed by atoms with Crippen molar-refractivity contribution in [1.29, 1.82) is 0 Å². The van der Waals surface area contributed by atoms with Gasteiger partial charge in [-0.1, -0.05) is 52.0 Å². The van der Waals surface area contributed by atoms with Crippen molar-refractivity contribution in [1.82, 2.24) is 10.2 Å². The molecule has 1 aromatic carbocycles. The average Bonchev–Trinajstić information content (AvgIpc) is 2.44. The second-order valence-electron chi connectivity index (χ2n) is 5.72. The van der Waals surface area contributed by atoms with Gasteiger partial charge in [0.05, 0.1) is 0 Å². The van der Waals surface area contributed by atoms with Gasteiger partial charge in [-0.2, -0.15) is 0 Å². The second kappa shape index (κ2) is 7.93. The van der Waals surface area contributed by atoms with Gasteiger partial charge >= 0.3 is 6.03 Å². The molecule has 1 rings (SSSR count). The Kier molecular flexibility index (Phi) is 6.56. The first-order valence-corrected chi connectivity index (χ1v) is 7.58. The van der Waals surface area contributed by atoms with E-state index in [0.29, 0.717) is 12.5 Å². The van der Waals surface area contributed by atoms with Crippen molar-refractivity contribution >= 4 is 6.03 Å². The van der Waals surface area contributed by atoms with Crippen LogP contribution in [0.25, 0.3) is 0 Å². The summed E-state index contributed by atoms with van der Waals surface area (Å²) < 4.78 is 0. The molecule has 0 unspecified atom stereocenters. The van der Waals surface area contributed by atoms with Crippen LogP contribution in [0, 0.1) is 0 Å². The molecule has 0 bridgehead atoms. The van der Waals surface area contributed by atoms with E-state index in [-0.39, 0.29) is 12.1 Å². The van der Waals surface area contributed by atoms with E-state index in [1.807, 2.05) is 7.05 Å². The van der Waals surface area contributed by atoms with Crippen LogP contribution in [-0.2, 0) is 6.54 Å². The van der Waals surface area contributed by atoms with Crippen molar-refractivity contribution in [2.24, 2.45) is 0 Å². The zero-order chi connectivity index (χ0) is 15.1. The maximum absolute atomic E-state index is 12.1. The molecule has 0 saturated heterocycles. The first-order chi connectivity index (χ1) is 9.47. The topological polar surface area (TPSA) is 32.3 Å². The summed E-state index contributed by atoms with van der Waals surface area (Å²) in [5.74, 6) is 0.542. The smallest absolute Gasteiger partial charge is 0.317 e. The van der Waals surface area contributed by atoms with Crippen LogP contribution in [0.2, 0.25) is 0 Å². The first kappa shape index (κ1) is 16.5. The Bertz CT molecular complexity index is 408. The van der Waals surface area contributed by atoms with Crippen molar-refractivity contribution in [2.75, 3.05) is 7.05 Å². The first-order valence-electron chi connectivity index (χ1n) is 7.58. The molecule has 3 heteroatoms. The highest BCUT2D eigenvalue weighted by molar-refractivity contribution is 5.74. The van der Waals surface area contributed by atoms with E-state index in [0.717, 1.165) is 18.4 Å². The summed E-state index contributed by atoms with van der Waals surface area (Å²) in [6.07, 6.45) is 1.94. The van der Waals surface area contributed by atoms with Gasteiger partial charge in [0.2, 0.25) is 0 Å². The van der Waals surface area contributed by atoms with Crippen LogP contribution < -0.4 is 5.32 Å². The van der Waals surface area contributed by atoms with Gasteiger partial charge in [-0.05, 0) is 29.9 Å². The largest absolute Gasteiger partial charge is 0.335 e. The van der Waals surface area contributed by atoms with E-state index < -0.39 is 0 Å². The fourth-order valence-corrected chi connectivity index (χ4v) is 2.13. The molecule has 20 heavy (non-hydrogen) atoms. The third-order valence-electron chi connectivity index (χ3n) is 3.73. The number of nitrogens with zero attached hydrogens (tertiary/aromatic N) is 1. The minimum atomic E-state index is 0.00614.